The summed E-state index contributed by atoms with van der Waals surface area (Å²) >= 11 is 1.44. The lowest BCUT2D eigenvalue weighted by atomic mass is 10.2. The number of thiophene rings is 1. The van der Waals surface area contributed by atoms with Crippen LogP contribution in [0.25, 0.3) is 11.0 Å². The highest BCUT2D eigenvalue weighted by Crippen LogP contribution is 2.22. The molecule has 0 spiro atoms. The molecule has 0 bridgehead atoms. The molecule has 2 aromatic heterocycles. The van der Waals surface area contributed by atoms with Gasteiger partial charge in [0.25, 0.3) is 5.91 Å². The highest BCUT2D eigenvalue weighted by Gasteiger charge is 2.19. The number of carbonyl (C=O) groups is 1. The number of carbonyl (C=O) groups excluding carboxylic acids is 1. The van der Waals surface area contributed by atoms with E-state index in [0.717, 1.165) is 41.1 Å². The van der Waals surface area contributed by atoms with E-state index in [1.165, 1.54) is 11.3 Å². The van der Waals surface area contributed by atoms with Crippen LogP contribution in [0.3, 0.4) is 0 Å². The minimum atomic E-state index is -0.204. The lowest BCUT2D eigenvalue weighted by Crippen LogP contribution is -2.28. The first kappa shape index (κ1) is 20.2. The number of imidazole rings is 1. The largest absolute Gasteiger partial charge is 0.493 e. The van der Waals surface area contributed by atoms with E-state index in [4.69, 9.17) is 9.72 Å². The molecule has 4 aromatic rings. The lowest BCUT2D eigenvalue weighted by Gasteiger charge is -2.16. The van der Waals surface area contributed by atoms with Crippen LogP contribution in [0.2, 0.25) is 0 Å². The maximum absolute atomic E-state index is 12.5. The number of benzene rings is 2. The van der Waals surface area contributed by atoms with E-state index in [1.807, 2.05) is 60.8 Å². The number of aryl methyl sites for hydroxylation is 2. The number of aromatic nitrogens is 2. The molecule has 1 amide bonds. The van der Waals surface area contributed by atoms with Crippen LogP contribution in [0.1, 0.15) is 40.4 Å². The van der Waals surface area contributed by atoms with Gasteiger partial charge in [-0.1, -0.05) is 36.4 Å². The number of nitrogens with zero attached hydrogens (tertiary/aromatic N) is 2. The zero-order valence-electron chi connectivity index (χ0n) is 17.2. The molecule has 1 N–H and O–H groups in total. The van der Waals surface area contributed by atoms with Crippen molar-refractivity contribution in [3.63, 3.8) is 0 Å². The molecule has 0 aliphatic carbocycles. The van der Waals surface area contributed by atoms with Gasteiger partial charge >= 0.3 is 0 Å². The summed E-state index contributed by atoms with van der Waals surface area (Å²) < 4.78 is 8.15. The summed E-state index contributed by atoms with van der Waals surface area (Å²) in [5.41, 5.74) is 3.14. The number of rotatable bonds is 8. The van der Waals surface area contributed by atoms with Crippen LogP contribution in [0.15, 0.2) is 66.0 Å². The van der Waals surface area contributed by atoms with Crippen LogP contribution < -0.4 is 10.1 Å². The summed E-state index contributed by atoms with van der Waals surface area (Å²) in [5.74, 6) is 1.71. The fourth-order valence-electron chi connectivity index (χ4n) is 3.52. The molecule has 154 valence electrons. The minimum absolute atomic E-state index is 0.0704. The smallest absolute Gasteiger partial charge is 0.261 e. The van der Waals surface area contributed by atoms with Crippen LogP contribution in [-0.2, 0) is 6.54 Å². The average Bonchev–Trinajstić information content (AvgIpc) is 3.41. The fourth-order valence-corrected chi connectivity index (χ4v) is 4.15. The summed E-state index contributed by atoms with van der Waals surface area (Å²) in [6, 6.07) is 19.6. The van der Waals surface area contributed by atoms with Crippen molar-refractivity contribution in [3.05, 3.63) is 82.3 Å². The molecule has 0 saturated carbocycles. The van der Waals surface area contributed by atoms with E-state index in [9.17, 15) is 4.79 Å². The van der Waals surface area contributed by atoms with Gasteiger partial charge in [-0.15, -0.1) is 11.3 Å². The van der Waals surface area contributed by atoms with Gasteiger partial charge in [0.15, 0.2) is 0 Å². The molecule has 6 heteroatoms. The number of hydrogen-bond acceptors (Lipinski definition) is 4. The first-order chi connectivity index (χ1) is 14.6. The first-order valence-corrected chi connectivity index (χ1v) is 11.0. The number of amides is 1. The van der Waals surface area contributed by atoms with Crippen molar-refractivity contribution >= 4 is 28.3 Å². The Hall–Kier alpha value is -3.12. The molecular weight excluding hydrogens is 394 g/mol. The van der Waals surface area contributed by atoms with Crippen molar-refractivity contribution in [2.75, 3.05) is 6.61 Å². The van der Waals surface area contributed by atoms with E-state index in [1.54, 1.807) is 0 Å². The van der Waals surface area contributed by atoms with Crippen LogP contribution in [0, 0.1) is 6.92 Å². The summed E-state index contributed by atoms with van der Waals surface area (Å²) in [6.45, 7) is 5.41. The number of hydrogen-bond donors (Lipinski definition) is 1. The monoisotopic (exact) mass is 419 g/mol. The Morgan fingerprint density at radius 3 is 2.73 bits per heavy atom. The lowest BCUT2D eigenvalue weighted by molar-refractivity contribution is 0.0941. The third kappa shape index (κ3) is 4.39. The second kappa shape index (κ2) is 9.13. The predicted molar refractivity (Wildman–Crippen MR) is 121 cm³/mol. The van der Waals surface area contributed by atoms with E-state index in [-0.39, 0.29) is 11.9 Å². The number of ether oxygens (including phenoxy) is 1. The minimum Gasteiger partial charge on any atom is -0.493 e. The van der Waals surface area contributed by atoms with Crippen molar-refractivity contribution in [2.45, 2.75) is 32.9 Å². The topological polar surface area (TPSA) is 56.1 Å². The molecule has 0 radical (unpaired) electrons. The summed E-state index contributed by atoms with van der Waals surface area (Å²) in [5, 5.41) is 4.99. The van der Waals surface area contributed by atoms with Crippen LogP contribution in [0.4, 0.5) is 0 Å². The molecule has 0 aliphatic rings. The van der Waals surface area contributed by atoms with Gasteiger partial charge in [-0.3, -0.25) is 4.79 Å². The van der Waals surface area contributed by atoms with Crippen LogP contribution in [-0.4, -0.2) is 22.1 Å². The van der Waals surface area contributed by atoms with Gasteiger partial charge in [-0.25, -0.2) is 4.98 Å². The summed E-state index contributed by atoms with van der Waals surface area (Å²) in [6.07, 6.45) is 0.841. The number of fused-ring (bicyclic) bond motifs is 1. The third-order valence-electron chi connectivity index (χ3n) is 5.04. The van der Waals surface area contributed by atoms with Crippen LogP contribution >= 0.6 is 11.3 Å². The second-order valence-corrected chi connectivity index (χ2v) is 8.20. The summed E-state index contributed by atoms with van der Waals surface area (Å²) in [4.78, 5) is 18.0. The Morgan fingerprint density at radius 2 is 1.93 bits per heavy atom. The summed E-state index contributed by atoms with van der Waals surface area (Å²) in [7, 11) is 0. The maximum atomic E-state index is 12.5. The Labute approximate surface area is 180 Å². The average molecular weight is 420 g/mol. The van der Waals surface area contributed by atoms with Crippen molar-refractivity contribution in [2.24, 2.45) is 0 Å². The molecule has 5 nitrogen and oxygen atoms in total. The number of nitrogens with one attached hydrogen (secondary N) is 1. The van der Waals surface area contributed by atoms with Gasteiger partial charge in [-0.2, -0.15) is 0 Å². The van der Waals surface area contributed by atoms with Crippen molar-refractivity contribution in [1.29, 1.82) is 0 Å². The van der Waals surface area contributed by atoms with Gasteiger partial charge in [-0.05, 0) is 55.5 Å². The standard InChI is InChI=1S/C24H25N3O2S/c1-17-9-3-6-12-21(17)29-15-8-14-27-20-11-5-4-10-19(20)26-23(27)18(2)25-24(28)22-13-7-16-30-22/h3-7,9-13,16,18H,8,14-15H2,1-2H3,(H,25,28). The van der Waals surface area contributed by atoms with E-state index in [2.05, 4.69) is 28.9 Å². The van der Waals surface area contributed by atoms with Crippen molar-refractivity contribution < 1.29 is 9.53 Å². The molecular formula is C24H25N3O2S. The van der Waals surface area contributed by atoms with Crippen molar-refractivity contribution in [1.82, 2.24) is 14.9 Å². The number of para-hydroxylation sites is 3. The van der Waals surface area contributed by atoms with Gasteiger partial charge < -0.3 is 14.6 Å². The van der Waals surface area contributed by atoms with E-state index >= 15 is 0 Å². The zero-order valence-corrected chi connectivity index (χ0v) is 18.0. The van der Waals surface area contributed by atoms with Gasteiger partial charge in [0.2, 0.25) is 0 Å². The predicted octanol–water partition coefficient (Wildman–Crippen LogP) is 5.37. The third-order valence-corrected chi connectivity index (χ3v) is 5.91. The second-order valence-electron chi connectivity index (χ2n) is 7.25. The quantitative estimate of drug-likeness (QED) is 0.391. The molecule has 0 aliphatic heterocycles. The normalized spacial score (nSPS) is 12.1. The molecule has 30 heavy (non-hydrogen) atoms. The maximum Gasteiger partial charge on any atom is 0.261 e. The Balaban J connectivity index is 1.48. The Kier molecular flexibility index (Phi) is 6.14. The molecule has 2 aromatic carbocycles. The molecule has 0 saturated heterocycles. The van der Waals surface area contributed by atoms with Crippen LogP contribution in [0.5, 0.6) is 5.75 Å². The molecule has 1 atom stereocenters. The highest BCUT2D eigenvalue weighted by molar-refractivity contribution is 7.12. The Bertz CT molecular complexity index is 1130. The van der Waals surface area contributed by atoms with Crippen molar-refractivity contribution in [3.8, 4) is 5.75 Å². The van der Waals surface area contributed by atoms with Gasteiger partial charge in [0, 0.05) is 6.54 Å². The molecule has 0 fully saturated rings. The van der Waals surface area contributed by atoms with Gasteiger partial charge in [0.1, 0.15) is 11.6 Å². The van der Waals surface area contributed by atoms with E-state index in [0.29, 0.717) is 11.5 Å². The SMILES string of the molecule is Cc1ccccc1OCCCn1c(C(C)NC(=O)c2cccs2)nc2ccccc21. The Morgan fingerprint density at radius 1 is 1.13 bits per heavy atom. The molecule has 1 unspecified atom stereocenters. The highest BCUT2D eigenvalue weighted by atomic mass is 32.1. The van der Waals surface area contributed by atoms with E-state index < -0.39 is 0 Å². The molecule has 4 rings (SSSR count). The van der Waals surface area contributed by atoms with Gasteiger partial charge in [0.05, 0.1) is 28.6 Å². The zero-order chi connectivity index (χ0) is 20.9. The fraction of sp³-hybridized carbons (Fsp3) is 0.250. The first-order valence-electron chi connectivity index (χ1n) is 10.1. The molecule has 2 heterocycles.